The van der Waals surface area contributed by atoms with Crippen molar-refractivity contribution >= 4 is 5.91 Å². The van der Waals surface area contributed by atoms with Crippen LogP contribution in [0.3, 0.4) is 0 Å². The van der Waals surface area contributed by atoms with E-state index in [4.69, 9.17) is 4.52 Å². The number of carbonyl (C=O) groups excluding carboxylic acids is 1. The average Bonchev–Trinajstić information content (AvgIpc) is 2.95. The molecule has 0 aromatic carbocycles. The van der Waals surface area contributed by atoms with E-state index in [1.54, 1.807) is 6.20 Å². The number of pyridine rings is 1. The van der Waals surface area contributed by atoms with Crippen molar-refractivity contribution < 1.29 is 9.32 Å². The maximum absolute atomic E-state index is 12.0. The highest BCUT2D eigenvalue weighted by atomic mass is 16.5. The molecule has 0 bridgehead atoms. The number of aryl methyl sites for hydroxylation is 1. The SMILES string of the molecule is C[C@H](NC(=O)CCc1nc(C(C)(C)C)no1)c1ccccn1. The van der Waals surface area contributed by atoms with Gasteiger partial charge in [0.15, 0.2) is 5.82 Å². The summed E-state index contributed by atoms with van der Waals surface area (Å²) in [6.07, 6.45) is 2.46. The predicted octanol–water partition coefficient (Wildman–Crippen LogP) is 2.57. The van der Waals surface area contributed by atoms with Gasteiger partial charge < -0.3 is 9.84 Å². The van der Waals surface area contributed by atoms with Gasteiger partial charge in [0.25, 0.3) is 0 Å². The Labute approximate surface area is 130 Å². The topological polar surface area (TPSA) is 80.9 Å². The van der Waals surface area contributed by atoms with Crippen LogP contribution in [0.15, 0.2) is 28.9 Å². The van der Waals surface area contributed by atoms with Gasteiger partial charge in [-0.25, -0.2) is 0 Å². The summed E-state index contributed by atoms with van der Waals surface area (Å²) in [4.78, 5) is 20.5. The highest BCUT2D eigenvalue weighted by Crippen LogP contribution is 2.18. The van der Waals surface area contributed by atoms with E-state index in [1.807, 2.05) is 45.9 Å². The van der Waals surface area contributed by atoms with Crippen LogP contribution in [0.2, 0.25) is 0 Å². The Morgan fingerprint density at radius 3 is 2.73 bits per heavy atom. The van der Waals surface area contributed by atoms with Crippen molar-refractivity contribution in [3.8, 4) is 0 Å². The van der Waals surface area contributed by atoms with Crippen LogP contribution in [-0.4, -0.2) is 21.0 Å². The number of hydrogen-bond donors (Lipinski definition) is 1. The largest absolute Gasteiger partial charge is 0.348 e. The van der Waals surface area contributed by atoms with E-state index in [2.05, 4.69) is 20.4 Å². The maximum atomic E-state index is 12.0. The Balaban J connectivity index is 1.84. The highest BCUT2D eigenvalue weighted by molar-refractivity contribution is 5.76. The first-order valence-corrected chi connectivity index (χ1v) is 7.39. The molecule has 2 heterocycles. The Morgan fingerprint density at radius 1 is 1.36 bits per heavy atom. The second kappa shape index (κ2) is 6.68. The van der Waals surface area contributed by atoms with Crippen LogP contribution in [-0.2, 0) is 16.6 Å². The molecule has 0 aliphatic carbocycles. The van der Waals surface area contributed by atoms with E-state index in [-0.39, 0.29) is 17.4 Å². The minimum Gasteiger partial charge on any atom is -0.348 e. The molecule has 0 saturated heterocycles. The monoisotopic (exact) mass is 302 g/mol. The summed E-state index contributed by atoms with van der Waals surface area (Å²) in [5, 5.41) is 6.86. The summed E-state index contributed by atoms with van der Waals surface area (Å²) in [6.45, 7) is 7.96. The van der Waals surface area contributed by atoms with Gasteiger partial charge in [0.1, 0.15) is 0 Å². The van der Waals surface area contributed by atoms with Gasteiger partial charge in [-0.15, -0.1) is 0 Å². The molecule has 0 spiro atoms. The molecule has 0 fully saturated rings. The molecule has 1 amide bonds. The van der Waals surface area contributed by atoms with Crippen molar-refractivity contribution in [2.45, 2.75) is 52.0 Å². The van der Waals surface area contributed by atoms with E-state index in [9.17, 15) is 4.79 Å². The first-order chi connectivity index (χ1) is 10.4. The maximum Gasteiger partial charge on any atom is 0.227 e. The molecule has 6 heteroatoms. The zero-order chi connectivity index (χ0) is 16.2. The zero-order valence-electron chi connectivity index (χ0n) is 13.5. The van der Waals surface area contributed by atoms with Crippen LogP contribution in [0, 0.1) is 0 Å². The Morgan fingerprint density at radius 2 is 2.14 bits per heavy atom. The summed E-state index contributed by atoms with van der Waals surface area (Å²) >= 11 is 0. The van der Waals surface area contributed by atoms with Gasteiger partial charge in [-0.2, -0.15) is 4.98 Å². The molecule has 2 aromatic rings. The fraction of sp³-hybridized carbons (Fsp3) is 0.500. The summed E-state index contributed by atoms with van der Waals surface area (Å²) in [6, 6.07) is 5.51. The quantitative estimate of drug-likeness (QED) is 0.918. The molecule has 1 N–H and O–H groups in total. The molecule has 118 valence electrons. The fourth-order valence-corrected chi connectivity index (χ4v) is 1.90. The van der Waals surface area contributed by atoms with Crippen LogP contribution in [0.4, 0.5) is 0 Å². The summed E-state index contributed by atoms with van der Waals surface area (Å²) < 4.78 is 5.18. The lowest BCUT2D eigenvalue weighted by atomic mass is 9.96. The van der Waals surface area contributed by atoms with Gasteiger partial charge >= 0.3 is 0 Å². The third-order valence-electron chi connectivity index (χ3n) is 3.21. The molecule has 22 heavy (non-hydrogen) atoms. The van der Waals surface area contributed by atoms with E-state index in [1.165, 1.54) is 0 Å². The van der Waals surface area contributed by atoms with E-state index in [0.717, 1.165) is 5.69 Å². The minimum absolute atomic E-state index is 0.0614. The van der Waals surface area contributed by atoms with Crippen LogP contribution in [0.25, 0.3) is 0 Å². The van der Waals surface area contributed by atoms with Gasteiger partial charge in [0.2, 0.25) is 11.8 Å². The van der Waals surface area contributed by atoms with Crippen LogP contribution in [0.5, 0.6) is 0 Å². The van der Waals surface area contributed by atoms with Gasteiger partial charge in [0, 0.05) is 24.5 Å². The lowest BCUT2D eigenvalue weighted by Gasteiger charge is -2.12. The molecule has 0 unspecified atom stereocenters. The number of nitrogens with one attached hydrogen (secondary N) is 1. The highest BCUT2D eigenvalue weighted by Gasteiger charge is 2.21. The third kappa shape index (κ3) is 4.38. The fourth-order valence-electron chi connectivity index (χ4n) is 1.90. The molecular weight excluding hydrogens is 280 g/mol. The molecule has 1 atom stereocenters. The second-order valence-corrected chi connectivity index (χ2v) is 6.31. The Bertz CT molecular complexity index is 617. The van der Waals surface area contributed by atoms with Crippen molar-refractivity contribution in [2.24, 2.45) is 0 Å². The van der Waals surface area contributed by atoms with Crippen molar-refractivity contribution in [3.63, 3.8) is 0 Å². The molecular formula is C16H22N4O2. The number of amides is 1. The molecule has 6 nitrogen and oxygen atoms in total. The van der Waals surface area contributed by atoms with Gasteiger partial charge in [-0.3, -0.25) is 9.78 Å². The number of hydrogen-bond acceptors (Lipinski definition) is 5. The van der Waals surface area contributed by atoms with E-state index < -0.39 is 0 Å². The van der Waals surface area contributed by atoms with Crippen molar-refractivity contribution in [3.05, 3.63) is 41.8 Å². The molecule has 0 aliphatic rings. The Hall–Kier alpha value is -2.24. The normalized spacial score (nSPS) is 12.9. The number of carbonyl (C=O) groups is 1. The third-order valence-corrected chi connectivity index (χ3v) is 3.21. The van der Waals surface area contributed by atoms with Gasteiger partial charge in [0.05, 0.1) is 11.7 Å². The standard InChI is InChI=1S/C16H22N4O2/c1-11(12-7-5-6-10-17-12)18-13(21)8-9-14-19-15(20-22-14)16(2,3)4/h5-7,10-11H,8-9H2,1-4H3,(H,18,21)/t11-/m0/s1. The predicted molar refractivity (Wildman–Crippen MR) is 82.1 cm³/mol. The van der Waals surface area contributed by atoms with Gasteiger partial charge in [-0.05, 0) is 19.1 Å². The van der Waals surface area contributed by atoms with Crippen molar-refractivity contribution in [1.29, 1.82) is 0 Å². The molecule has 0 saturated carbocycles. The molecule has 2 rings (SSSR count). The number of rotatable bonds is 5. The average molecular weight is 302 g/mol. The van der Waals surface area contributed by atoms with E-state index >= 15 is 0 Å². The second-order valence-electron chi connectivity index (χ2n) is 6.31. The van der Waals surface area contributed by atoms with Crippen molar-refractivity contribution in [1.82, 2.24) is 20.4 Å². The summed E-state index contributed by atoms with van der Waals surface area (Å²) in [5.74, 6) is 1.09. The first kappa shape index (κ1) is 16.1. The lowest BCUT2D eigenvalue weighted by Crippen LogP contribution is -2.27. The molecule has 2 aromatic heterocycles. The van der Waals surface area contributed by atoms with Crippen LogP contribution >= 0.6 is 0 Å². The van der Waals surface area contributed by atoms with Gasteiger partial charge in [-0.1, -0.05) is 32.0 Å². The lowest BCUT2D eigenvalue weighted by molar-refractivity contribution is -0.121. The minimum atomic E-state index is -0.155. The number of aromatic nitrogens is 3. The smallest absolute Gasteiger partial charge is 0.227 e. The van der Waals surface area contributed by atoms with Crippen molar-refractivity contribution in [2.75, 3.05) is 0 Å². The van der Waals surface area contributed by atoms with E-state index in [0.29, 0.717) is 24.6 Å². The van der Waals surface area contributed by atoms with Crippen LogP contribution < -0.4 is 5.32 Å². The Kier molecular flexibility index (Phi) is 4.90. The van der Waals surface area contributed by atoms with Crippen LogP contribution in [0.1, 0.15) is 57.6 Å². The first-order valence-electron chi connectivity index (χ1n) is 7.39. The summed E-state index contributed by atoms with van der Waals surface area (Å²) in [5.41, 5.74) is 0.681. The number of nitrogens with zero attached hydrogens (tertiary/aromatic N) is 3. The molecule has 0 aliphatic heterocycles. The zero-order valence-corrected chi connectivity index (χ0v) is 13.5. The molecule has 0 radical (unpaired) electrons. The summed E-state index contributed by atoms with van der Waals surface area (Å²) in [7, 11) is 0.